The number of pyridine rings is 1. The highest BCUT2D eigenvalue weighted by Crippen LogP contribution is 2.40. The fourth-order valence-electron chi connectivity index (χ4n) is 9.35. The molecule has 15 nitrogen and oxygen atoms in total. The van der Waals surface area contributed by atoms with E-state index in [1.165, 1.54) is 38.5 Å². The largest absolute Gasteiger partial charge is 0.379 e. The molecule has 7 aromatic heterocycles. The molecule has 0 radical (unpaired) electrons. The third-order valence-electron chi connectivity index (χ3n) is 13.6. The Hall–Kier alpha value is -6.94. The second-order valence-electron chi connectivity index (χ2n) is 18.6. The lowest BCUT2D eigenvalue weighted by Crippen LogP contribution is -2.27. The Morgan fingerprint density at radius 1 is 0.536 bits per heavy atom. The normalized spacial score (nSPS) is 18.3. The van der Waals surface area contributed by atoms with Gasteiger partial charge in [-0.05, 0) is 93.5 Å². The number of hydrogen-bond donors (Lipinski definition) is 4. The maximum absolute atomic E-state index is 6.36. The number of fused-ring (bicyclic) bond motifs is 2. The molecule has 0 spiro atoms. The molecule has 2 aromatic carbocycles. The van der Waals surface area contributed by atoms with Gasteiger partial charge in [-0.15, -0.1) is 0 Å². The van der Waals surface area contributed by atoms with Crippen LogP contribution in [0.3, 0.4) is 0 Å². The van der Waals surface area contributed by atoms with E-state index in [0.29, 0.717) is 17.0 Å². The van der Waals surface area contributed by atoms with Gasteiger partial charge in [0.2, 0.25) is 0 Å². The number of anilines is 2. The van der Waals surface area contributed by atoms with Crippen LogP contribution in [0, 0.1) is 0 Å². The Morgan fingerprint density at radius 3 is 1.52 bits per heavy atom. The van der Waals surface area contributed by atoms with Crippen LogP contribution in [-0.2, 0) is 9.47 Å². The smallest absolute Gasteiger partial charge is 0.177 e. The number of aromatic nitrogens is 11. The van der Waals surface area contributed by atoms with E-state index in [0.717, 1.165) is 143 Å². The zero-order chi connectivity index (χ0) is 46.1. The van der Waals surface area contributed by atoms with Crippen molar-refractivity contribution < 1.29 is 9.47 Å². The van der Waals surface area contributed by atoms with E-state index in [1.807, 2.05) is 52.0 Å². The van der Waals surface area contributed by atoms with Gasteiger partial charge >= 0.3 is 0 Å². The Bertz CT molecular complexity index is 3180. The molecule has 2 unspecified atom stereocenters. The molecule has 4 fully saturated rings. The lowest BCUT2D eigenvalue weighted by Gasteiger charge is -2.23. The number of hydrogen-bond acceptors (Lipinski definition) is 11. The number of nitrogens with zero attached hydrogens (tertiary/aromatic N) is 9. The summed E-state index contributed by atoms with van der Waals surface area (Å²) in [6.45, 7) is 3.16. The number of benzene rings is 2. The fourth-order valence-corrected chi connectivity index (χ4v) is 9.53. The summed E-state index contributed by atoms with van der Waals surface area (Å²) in [6.07, 6.45) is 23.4. The van der Waals surface area contributed by atoms with Crippen molar-refractivity contribution in [2.75, 3.05) is 36.9 Å². The first-order valence-corrected chi connectivity index (χ1v) is 24.8. The highest BCUT2D eigenvalue weighted by Gasteiger charge is 2.28. The number of aromatic amines is 2. The van der Waals surface area contributed by atoms with Crippen molar-refractivity contribution in [1.82, 2.24) is 54.1 Å². The zero-order valence-electron chi connectivity index (χ0n) is 38.3. The van der Waals surface area contributed by atoms with Crippen molar-refractivity contribution in [3.8, 4) is 56.3 Å². The van der Waals surface area contributed by atoms with Crippen LogP contribution >= 0.6 is 11.6 Å². The molecule has 4 aliphatic rings. The molecule has 9 heterocycles. The van der Waals surface area contributed by atoms with Crippen LogP contribution in [-0.4, -0.2) is 92.6 Å². The molecule has 2 aliphatic carbocycles. The summed E-state index contributed by atoms with van der Waals surface area (Å²) >= 11 is 6.36. The van der Waals surface area contributed by atoms with Crippen molar-refractivity contribution in [3.05, 3.63) is 127 Å². The van der Waals surface area contributed by atoms with Crippen molar-refractivity contribution in [2.24, 2.45) is 0 Å². The molecule has 16 heteroatoms. The van der Waals surface area contributed by atoms with Crippen LogP contribution in [0.15, 0.2) is 110 Å². The van der Waals surface area contributed by atoms with E-state index in [9.17, 15) is 0 Å². The minimum atomic E-state index is 0.219. The van der Waals surface area contributed by atoms with Crippen LogP contribution in [0.5, 0.6) is 0 Å². The van der Waals surface area contributed by atoms with Gasteiger partial charge in [0.05, 0.1) is 76.8 Å². The number of H-pyrrole nitrogens is 2. The molecule has 13 rings (SSSR count). The molecule has 2 saturated heterocycles. The molecule has 2 aliphatic heterocycles. The quantitative estimate of drug-likeness (QED) is 0.0866. The zero-order valence-corrected chi connectivity index (χ0v) is 39.1. The number of rotatable bonds is 13. The molecule has 0 bridgehead atoms. The first-order valence-electron chi connectivity index (χ1n) is 24.4. The lowest BCUT2D eigenvalue weighted by molar-refractivity contribution is 0.0246. The van der Waals surface area contributed by atoms with Gasteiger partial charge < -0.3 is 30.1 Å². The van der Waals surface area contributed by atoms with Gasteiger partial charge in [-0.2, -0.15) is 10.2 Å². The highest BCUT2D eigenvalue weighted by atomic mass is 35.5. The number of nitrogens with one attached hydrogen (secondary N) is 4. The van der Waals surface area contributed by atoms with Gasteiger partial charge in [-0.3, -0.25) is 4.98 Å². The standard InChI is InChI=1S/C29H29N7O.C24H25ClN6O/c1-2-14-37-23(3-1)16-31-25-15-24(20-10-12-30-13-11-20)35-36-27(18-33-29(25)36)21-6-4-19(5-7-21)26-17-32-28(34-26)22-8-9-22;25-22-11-19(26-12-18-3-1-2-10-32-18)24-28-14-21(31(24)30-22)16-6-4-15(5-7-16)20-13-27-23(29-20)17-8-9-17/h4-7,10-13,15,17-18,22-23,31H,1-3,8-9,14,16H2,(H,32,34);4-7,11,13-14,17-18,26H,1-3,8-10,12H2,(H,27,29). The Labute approximate surface area is 404 Å². The van der Waals surface area contributed by atoms with Crippen LogP contribution in [0.4, 0.5) is 11.4 Å². The van der Waals surface area contributed by atoms with Crippen LogP contribution in [0.1, 0.15) is 87.7 Å². The van der Waals surface area contributed by atoms with E-state index in [1.54, 1.807) is 12.4 Å². The fraction of sp³-hybridized carbons (Fsp3) is 0.340. The van der Waals surface area contributed by atoms with Crippen molar-refractivity contribution >= 4 is 34.3 Å². The van der Waals surface area contributed by atoms with Gasteiger partial charge in [0.15, 0.2) is 16.4 Å². The van der Waals surface area contributed by atoms with Gasteiger partial charge in [-0.1, -0.05) is 60.1 Å². The van der Waals surface area contributed by atoms with Gasteiger partial charge in [0.25, 0.3) is 0 Å². The summed E-state index contributed by atoms with van der Waals surface area (Å²) in [5.41, 5.74) is 13.5. The monoisotopic (exact) mass is 939 g/mol. The number of imidazole rings is 4. The Morgan fingerprint density at radius 2 is 1.03 bits per heavy atom. The molecule has 69 heavy (non-hydrogen) atoms. The van der Waals surface area contributed by atoms with Gasteiger partial charge in [0.1, 0.15) is 11.6 Å². The summed E-state index contributed by atoms with van der Waals surface area (Å²) in [6, 6.07) is 24.7. The lowest BCUT2D eigenvalue weighted by atomic mass is 10.1. The second-order valence-corrected chi connectivity index (χ2v) is 19.0. The predicted octanol–water partition coefficient (Wildman–Crippen LogP) is 11.0. The molecular weight excluding hydrogens is 886 g/mol. The molecule has 4 N–H and O–H groups in total. The second kappa shape index (κ2) is 19.2. The summed E-state index contributed by atoms with van der Waals surface area (Å²) < 4.78 is 15.5. The summed E-state index contributed by atoms with van der Waals surface area (Å²) in [5, 5.41) is 17.0. The van der Waals surface area contributed by atoms with E-state index in [2.05, 4.69) is 100 Å². The van der Waals surface area contributed by atoms with E-state index < -0.39 is 0 Å². The highest BCUT2D eigenvalue weighted by molar-refractivity contribution is 6.29. The number of halogens is 1. The van der Waals surface area contributed by atoms with Crippen LogP contribution in [0.2, 0.25) is 5.15 Å². The van der Waals surface area contributed by atoms with Crippen molar-refractivity contribution in [3.63, 3.8) is 0 Å². The van der Waals surface area contributed by atoms with Crippen LogP contribution in [0.25, 0.3) is 67.6 Å². The topological polar surface area (TPSA) is 173 Å². The third kappa shape index (κ3) is 9.59. The van der Waals surface area contributed by atoms with E-state index in [-0.39, 0.29) is 12.2 Å². The average molecular weight is 941 g/mol. The molecular formula is C53H54ClN13O2. The molecule has 0 amide bonds. The first kappa shape index (κ1) is 43.3. The molecule has 2 saturated carbocycles. The minimum absolute atomic E-state index is 0.219. The predicted molar refractivity (Wildman–Crippen MR) is 268 cm³/mol. The summed E-state index contributed by atoms with van der Waals surface area (Å²) in [7, 11) is 0. The third-order valence-corrected chi connectivity index (χ3v) is 13.8. The van der Waals surface area contributed by atoms with E-state index >= 15 is 0 Å². The molecule has 2 atom stereocenters. The maximum Gasteiger partial charge on any atom is 0.177 e. The summed E-state index contributed by atoms with van der Waals surface area (Å²) in [5.74, 6) is 3.43. The Kier molecular flexibility index (Phi) is 12.1. The van der Waals surface area contributed by atoms with Crippen molar-refractivity contribution in [1.29, 1.82) is 0 Å². The van der Waals surface area contributed by atoms with E-state index in [4.69, 9.17) is 31.2 Å². The number of ether oxygens (including phenoxy) is 2. The summed E-state index contributed by atoms with van der Waals surface area (Å²) in [4.78, 5) is 29.6. The Balaban J connectivity index is 0.000000144. The average Bonchev–Trinajstić information content (AvgIpc) is 4.20. The molecule has 350 valence electrons. The van der Waals surface area contributed by atoms with Gasteiger partial charge in [-0.25, -0.2) is 29.0 Å². The SMILES string of the molecule is Clc1cc(NCC2CCCCO2)c2ncc(-c3ccc(-c4cnc(C5CC5)[nH]4)cc3)n2n1.c1cc(-c2cc(NCC3CCCCO3)c3ncc(-c4ccc(-c5cnc(C6CC6)[nH]5)cc4)n3n2)ccn1. The molecule has 9 aromatic rings. The minimum Gasteiger partial charge on any atom is -0.379 e. The first-order chi connectivity index (χ1) is 34.1. The van der Waals surface area contributed by atoms with Crippen LogP contribution < -0.4 is 10.6 Å². The maximum atomic E-state index is 6.36. The van der Waals surface area contributed by atoms with Crippen molar-refractivity contribution in [2.45, 2.75) is 88.3 Å². The van der Waals surface area contributed by atoms with Gasteiger partial charge in [0, 0.05) is 73.3 Å².